The summed E-state index contributed by atoms with van der Waals surface area (Å²) < 4.78 is 143. The molecule has 0 aromatic heterocycles. The normalized spacial score (nSPS) is 26.1. The van der Waals surface area contributed by atoms with E-state index in [4.69, 9.17) is 99.5 Å². The van der Waals surface area contributed by atoms with Crippen LogP contribution in [-0.4, -0.2) is 198 Å². The minimum Gasteiger partial charge on any atom is -0.469 e. The van der Waals surface area contributed by atoms with Crippen molar-refractivity contribution in [1.29, 1.82) is 0 Å². The molecule has 0 spiro atoms. The van der Waals surface area contributed by atoms with Crippen molar-refractivity contribution < 1.29 is 129 Å². The van der Waals surface area contributed by atoms with Gasteiger partial charge in [0.15, 0.2) is 43.5 Å². The van der Waals surface area contributed by atoms with Gasteiger partial charge in [-0.15, -0.1) is 0 Å². The monoisotopic (exact) mass is 1720 g/mol. The number of benzene rings is 8. The molecule has 0 saturated carbocycles. The van der Waals surface area contributed by atoms with E-state index in [0.717, 1.165) is 91.0 Å². The molecule has 8 aromatic rings. The molecule has 0 aliphatic carbocycles. The van der Waals surface area contributed by atoms with E-state index in [1.807, 2.05) is 243 Å². The summed E-state index contributed by atoms with van der Waals surface area (Å²) in [7, 11) is 1.38. The highest BCUT2D eigenvalue weighted by Gasteiger charge is 2.59. The number of carbonyl (C=O) groups excluding carboxylic acids is 5. The van der Waals surface area contributed by atoms with Gasteiger partial charge in [0.1, 0.15) is 86.0 Å². The molecule has 20 atom stereocenters. The number of hydrogen-bond acceptors (Lipinski definition) is 27. The van der Waals surface area contributed by atoms with Crippen LogP contribution in [0.4, 0.5) is 0 Å². The predicted molar refractivity (Wildman–Crippen MR) is 452 cm³/mol. The first-order chi connectivity index (χ1) is 61.1. The molecule has 0 radical (unpaired) electrons. The van der Waals surface area contributed by atoms with Crippen molar-refractivity contribution in [1.82, 2.24) is 0 Å². The van der Waals surface area contributed by atoms with Gasteiger partial charge in [0.05, 0.1) is 79.8 Å². The van der Waals surface area contributed by atoms with Gasteiger partial charge in [0, 0.05) is 40.7 Å². The Morgan fingerprint density at radius 3 is 1.02 bits per heavy atom. The van der Waals surface area contributed by atoms with Crippen LogP contribution >= 0.6 is 0 Å². The topological polar surface area (TPSA) is 299 Å². The summed E-state index contributed by atoms with van der Waals surface area (Å²) >= 11 is 0. The molecule has 27 heteroatoms. The number of esters is 5. The zero-order valence-electron chi connectivity index (χ0n) is 71.3. The van der Waals surface area contributed by atoms with Gasteiger partial charge in [-0.1, -0.05) is 268 Å². The van der Waals surface area contributed by atoms with Gasteiger partial charge >= 0.3 is 29.8 Å². The molecule has 4 fully saturated rings. The largest absolute Gasteiger partial charge is 0.469 e. The maximum atomic E-state index is 13.7. The van der Waals surface area contributed by atoms with E-state index in [-0.39, 0.29) is 78.6 Å². The zero-order chi connectivity index (χ0) is 87.3. The first-order valence-electron chi connectivity index (χ1n) is 42.8. The standard InChI is InChI=1S/C98H116O27/c1-66(99)109-64-81-87(117-67(2)100)91(118-68(3)101)94(119-69(4)102)98(123-81)125-93-89(114-60-76-48-30-16-31-49-76)85(111-57-73-42-24-13-25-43-73)79(63-107-55-71-38-20-11-21-39-71)121-97(93)116-65-80-86(112-58-74-44-26-14-27-45-74)90(92(115-61-77-50-32-17-33-51-77)96(122-80)108-53-35-9-7-6-8-34-52-82(103)105-5)124-95-83(104)88(113-59-75-46-28-15-29-47-75)84(110-56-72-40-22-12-23-41-72)78(120-95)62-106-54-70-36-18-10-19-37-70/h10-33,36-51,78-81,83-98,104H,6-9,34-35,52-65H2,1-5H3/t78-,79-,80-,81-,83+,84-,85-,86-,87-,88-,89+,90+,91+,92+,93+,94+,95-,96+,97+,98-/m1/s1. The molecular formula is C98H116O27. The van der Waals surface area contributed by atoms with Gasteiger partial charge in [0.25, 0.3) is 0 Å². The number of aliphatic hydroxyl groups is 1. The highest BCUT2D eigenvalue weighted by atomic mass is 16.8. The average molecular weight is 1730 g/mol. The predicted octanol–water partition coefficient (Wildman–Crippen LogP) is 13.3. The molecule has 4 saturated heterocycles. The summed E-state index contributed by atoms with van der Waals surface area (Å²) in [5.41, 5.74) is 6.48. The molecule has 4 aliphatic rings. The van der Waals surface area contributed by atoms with Crippen LogP contribution in [0.1, 0.15) is 117 Å². The molecule has 27 nitrogen and oxygen atoms in total. The third-order valence-corrected chi connectivity index (χ3v) is 21.5. The molecule has 4 heterocycles. The van der Waals surface area contributed by atoms with E-state index in [2.05, 4.69) is 0 Å². The second kappa shape index (κ2) is 50.7. The molecule has 0 amide bonds. The number of rotatable bonds is 48. The van der Waals surface area contributed by atoms with E-state index in [1.54, 1.807) is 0 Å². The van der Waals surface area contributed by atoms with Crippen LogP contribution in [0.3, 0.4) is 0 Å². The lowest BCUT2D eigenvalue weighted by atomic mass is 9.95. The third-order valence-electron chi connectivity index (χ3n) is 21.5. The van der Waals surface area contributed by atoms with Crippen LogP contribution in [0.15, 0.2) is 243 Å². The summed E-state index contributed by atoms with van der Waals surface area (Å²) in [6.07, 6.45) is -23.1. The molecule has 0 bridgehead atoms. The van der Waals surface area contributed by atoms with Crippen LogP contribution in [-0.2, 0) is 176 Å². The molecule has 670 valence electrons. The van der Waals surface area contributed by atoms with Crippen molar-refractivity contribution in [3.63, 3.8) is 0 Å². The summed E-state index contributed by atoms with van der Waals surface area (Å²) in [6, 6.07) is 76.4. The average Bonchev–Trinajstić information content (AvgIpc) is 0.765. The van der Waals surface area contributed by atoms with E-state index in [9.17, 15) is 29.1 Å². The fraction of sp³-hybridized carbons (Fsp3) is 0.459. The highest BCUT2D eigenvalue weighted by Crippen LogP contribution is 2.40. The first kappa shape index (κ1) is 94.6. The summed E-state index contributed by atoms with van der Waals surface area (Å²) in [5.74, 6) is -3.61. The Morgan fingerprint density at radius 2 is 0.600 bits per heavy atom. The van der Waals surface area contributed by atoms with Gasteiger partial charge < -0.3 is 105 Å². The molecule has 4 aliphatic heterocycles. The van der Waals surface area contributed by atoms with E-state index >= 15 is 0 Å². The number of hydrogen-bond donors (Lipinski definition) is 1. The Morgan fingerprint density at radius 1 is 0.280 bits per heavy atom. The Labute approximate surface area is 730 Å². The lowest BCUT2D eigenvalue weighted by Crippen LogP contribution is -2.67. The molecule has 1 N–H and O–H groups in total. The van der Waals surface area contributed by atoms with Crippen LogP contribution < -0.4 is 0 Å². The number of aliphatic hydroxyl groups excluding tert-OH is 1. The second-order valence-corrected chi connectivity index (χ2v) is 31.1. The number of unbranched alkanes of at least 4 members (excludes halogenated alkanes) is 5. The van der Waals surface area contributed by atoms with Crippen molar-refractivity contribution in [3.8, 4) is 0 Å². The molecule has 0 unspecified atom stereocenters. The highest BCUT2D eigenvalue weighted by molar-refractivity contribution is 5.69. The lowest BCUT2D eigenvalue weighted by Gasteiger charge is -2.50. The summed E-state index contributed by atoms with van der Waals surface area (Å²) in [6.45, 7) is 3.73. The smallest absolute Gasteiger partial charge is 0.305 e. The second-order valence-electron chi connectivity index (χ2n) is 31.1. The first-order valence-corrected chi connectivity index (χ1v) is 42.8. The molecular weight excluding hydrogens is 1610 g/mol. The number of carbonyl (C=O) groups is 5. The third kappa shape index (κ3) is 29.8. The van der Waals surface area contributed by atoms with Gasteiger partial charge in [-0.2, -0.15) is 0 Å². The maximum absolute atomic E-state index is 13.7. The fourth-order valence-corrected chi connectivity index (χ4v) is 15.4. The van der Waals surface area contributed by atoms with Crippen molar-refractivity contribution in [2.45, 2.75) is 248 Å². The fourth-order valence-electron chi connectivity index (χ4n) is 15.4. The molecule has 12 rings (SSSR count). The Kier molecular flexibility index (Phi) is 38.3. The van der Waals surface area contributed by atoms with Gasteiger partial charge in [-0.05, 0) is 57.3 Å². The maximum Gasteiger partial charge on any atom is 0.305 e. The van der Waals surface area contributed by atoms with Crippen LogP contribution in [0.2, 0.25) is 0 Å². The minimum absolute atomic E-state index is 0.00163. The van der Waals surface area contributed by atoms with Crippen molar-refractivity contribution >= 4 is 29.8 Å². The minimum atomic E-state index is -1.84. The Hall–Kier alpha value is -9.57. The molecule has 8 aromatic carbocycles. The van der Waals surface area contributed by atoms with E-state index < -0.39 is 160 Å². The van der Waals surface area contributed by atoms with Crippen LogP contribution in [0, 0.1) is 0 Å². The Balaban J connectivity index is 0.989. The quantitative estimate of drug-likeness (QED) is 0.0210. The number of ether oxygens (including phenoxy) is 21. The number of methoxy groups -OCH3 is 1. The van der Waals surface area contributed by atoms with Crippen LogP contribution in [0.25, 0.3) is 0 Å². The van der Waals surface area contributed by atoms with Crippen molar-refractivity contribution in [2.24, 2.45) is 0 Å². The molecule has 125 heavy (non-hydrogen) atoms. The zero-order valence-corrected chi connectivity index (χ0v) is 71.3. The van der Waals surface area contributed by atoms with Gasteiger partial charge in [-0.25, -0.2) is 0 Å². The van der Waals surface area contributed by atoms with Crippen molar-refractivity contribution in [3.05, 3.63) is 287 Å². The lowest BCUT2D eigenvalue weighted by molar-refractivity contribution is -0.389. The summed E-state index contributed by atoms with van der Waals surface area (Å²) in [4.78, 5) is 65.2. The SMILES string of the molecule is COC(=O)CCCCCCCCO[C@H]1O[C@H](CO[C@H]2O[C@H](COCc3ccccc3)[C@@H](OCc3ccccc3)[C@H](OCc3ccccc3)[C@@H]2O[C@H]2O[C@H](COC(C)=O)[C@@H](OC(C)=O)[C@H](OC(C)=O)[C@@H]2OC(C)=O)[C@@H](OCc2ccccc2)[C@H](O[C@H]2O[C@H](COCc3ccccc3)[C@@H](OCc3ccccc3)[C@H](OCc3ccccc3)[C@@H]2O)[C@@H]1OCc1ccccc1. The van der Waals surface area contributed by atoms with Gasteiger partial charge in [-0.3, -0.25) is 24.0 Å². The van der Waals surface area contributed by atoms with Crippen molar-refractivity contribution in [2.75, 3.05) is 40.1 Å². The van der Waals surface area contributed by atoms with Crippen LogP contribution in [0.5, 0.6) is 0 Å². The van der Waals surface area contributed by atoms with E-state index in [0.29, 0.717) is 19.3 Å². The van der Waals surface area contributed by atoms with Gasteiger partial charge in [0.2, 0.25) is 0 Å². The van der Waals surface area contributed by atoms with E-state index in [1.165, 1.54) is 14.0 Å². The summed E-state index contributed by atoms with van der Waals surface area (Å²) in [5, 5.41) is 13.5. The Bertz CT molecular complexity index is 4420.